The Bertz CT molecular complexity index is 390. The van der Waals surface area contributed by atoms with Crippen LogP contribution in [0.5, 0.6) is 0 Å². The number of nitrogens with zero attached hydrogens (tertiary/aromatic N) is 1. The van der Waals surface area contributed by atoms with Gasteiger partial charge in [0.25, 0.3) is 0 Å². The van der Waals surface area contributed by atoms with E-state index in [1.165, 1.54) is 0 Å². The molecule has 0 spiro atoms. The molecular formula is C14H22N2O. The van der Waals surface area contributed by atoms with Gasteiger partial charge in [-0.15, -0.1) is 0 Å². The highest BCUT2D eigenvalue weighted by atomic mass is 16.2. The van der Waals surface area contributed by atoms with E-state index >= 15 is 0 Å². The molecule has 3 heteroatoms. The third-order valence-corrected chi connectivity index (χ3v) is 3.26. The number of carbonyl (C=O) groups is 1. The summed E-state index contributed by atoms with van der Waals surface area (Å²) < 4.78 is 0. The molecule has 2 N–H and O–H groups in total. The molecule has 0 aliphatic heterocycles. The molecule has 17 heavy (non-hydrogen) atoms. The van der Waals surface area contributed by atoms with Gasteiger partial charge in [0.2, 0.25) is 5.91 Å². The number of hydrogen-bond donors (Lipinski definition) is 1. The van der Waals surface area contributed by atoms with Gasteiger partial charge in [-0.2, -0.15) is 0 Å². The van der Waals surface area contributed by atoms with E-state index in [1.807, 2.05) is 45.0 Å². The van der Waals surface area contributed by atoms with Crippen molar-refractivity contribution in [1.29, 1.82) is 0 Å². The van der Waals surface area contributed by atoms with Crippen molar-refractivity contribution in [2.45, 2.75) is 33.2 Å². The van der Waals surface area contributed by atoms with Crippen LogP contribution < -0.4 is 10.6 Å². The van der Waals surface area contributed by atoms with Crippen LogP contribution in [0.2, 0.25) is 0 Å². The summed E-state index contributed by atoms with van der Waals surface area (Å²) in [5.41, 5.74) is 7.99. The van der Waals surface area contributed by atoms with E-state index in [4.69, 9.17) is 5.73 Å². The maximum Gasteiger partial charge on any atom is 0.243 e. The fourth-order valence-electron chi connectivity index (χ4n) is 1.68. The van der Waals surface area contributed by atoms with Crippen molar-refractivity contribution >= 4 is 11.6 Å². The number of aryl methyl sites for hydroxylation is 1. The monoisotopic (exact) mass is 234 g/mol. The lowest BCUT2D eigenvalue weighted by Gasteiger charge is -2.24. The van der Waals surface area contributed by atoms with Gasteiger partial charge in [-0.05, 0) is 30.5 Å². The van der Waals surface area contributed by atoms with Crippen LogP contribution in [-0.4, -0.2) is 19.0 Å². The first-order chi connectivity index (χ1) is 7.97. The maximum absolute atomic E-state index is 12.2. The van der Waals surface area contributed by atoms with Crippen molar-refractivity contribution in [3.63, 3.8) is 0 Å². The number of carbonyl (C=O) groups excluding carboxylic acids is 1. The molecule has 1 amide bonds. The molecule has 2 atom stereocenters. The minimum atomic E-state index is -0.425. The molecule has 0 saturated heterocycles. The predicted molar refractivity (Wildman–Crippen MR) is 72.0 cm³/mol. The Labute approximate surface area is 104 Å². The van der Waals surface area contributed by atoms with Crippen molar-refractivity contribution in [2.24, 2.45) is 11.7 Å². The van der Waals surface area contributed by atoms with Crippen molar-refractivity contribution in [1.82, 2.24) is 0 Å². The fourth-order valence-corrected chi connectivity index (χ4v) is 1.68. The summed E-state index contributed by atoms with van der Waals surface area (Å²) in [6.07, 6.45) is 0.911. The highest BCUT2D eigenvalue weighted by molar-refractivity contribution is 5.96. The van der Waals surface area contributed by atoms with Crippen molar-refractivity contribution in [2.75, 3.05) is 11.9 Å². The first-order valence-corrected chi connectivity index (χ1v) is 6.07. The Kier molecular flexibility index (Phi) is 4.70. The molecule has 94 valence electrons. The van der Waals surface area contributed by atoms with Crippen LogP contribution in [0.25, 0.3) is 0 Å². The van der Waals surface area contributed by atoms with Gasteiger partial charge in [-0.25, -0.2) is 0 Å². The smallest absolute Gasteiger partial charge is 0.243 e. The van der Waals surface area contributed by atoms with Crippen LogP contribution in [0.4, 0.5) is 5.69 Å². The molecule has 0 heterocycles. The van der Waals surface area contributed by atoms with Crippen molar-refractivity contribution < 1.29 is 4.79 Å². The Morgan fingerprint density at radius 2 is 2.12 bits per heavy atom. The highest BCUT2D eigenvalue weighted by Gasteiger charge is 2.23. The van der Waals surface area contributed by atoms with E-state index in [-0.39, 0.29) is 11.8 Å². The molecular weight excluding hydrogens is 212 g/mol. The van der Waals surface area contributed by atoms with Crippen molar-refractivity contribution in [3.05, 3.63) is 29.8 Å². The zero-order valence-electron chi connectivity index (χ0n) is 11.1. The van der Waals surface area contributed by atoms with Gasteiger partial charge in [0, 0.05) is 12.7 Å². The normalized spacial score (nSPS) is 14.2. The zero-order chi connectivity index (χ0) is 13.0. The van der Waals surface area contributed by atoms with E-state index in [0.717, 1.165) is 17.7 Å². The molecule has 0 aromatic heterocycles. The zero-order valence-corrected chi connectivity index (χ0v) is 11.1. The summed E-state index contributed by atoms with van der Waals surface area (Å²) >= 11 is 0. The Morgan fingerprint density at radius 3 is 2.65 bits per heavy atom. The average Bonchev–Trinajstić information content (AvgIpc) is 2.35. The quantitative estimate of drug-likeness (QED) is 0.869. The highest BCUT2D eigenvalue weighted by Crippen LogP contribution is 2.17. The summed E-state index contributed by atoms with van der Waals surface area (Å²) in [5.74, 6) is 0.180. The molecule has 1 aromatic carbocycles. The molecule has 0 bridgehead atoms. The molecule has 0 saturated carbocycles. The van der Waals surface area contributed by atoms with Gasteiger partial charge in [-0.1, -0.05) is 32.4 Å². The van der Waals surface area contributed by atoms with Crippen LogP contribution >= 0.6 is 0 Å². The number of benzene rings is 1. The van der Waals surface area contributed by atoms with E-state index in [0.29, 0.717) is 0 Å². The van der Waals surface area contributed by atoms with Gasteiger partial charge in [0.05, 0.1) is 6.04 Å². The maximum atomic E-state index is 12.2. The number of likely N-dealkylation sites (N-methyl/N-ethyl adjacent to an activating group) is 1. The molecule has 0 aliphatic carbocycles. The first-order valence-electron chi connectivity index (χ1n) is 6.07. The second kappa shape index (κ2) is 5.82. The van der Waals surface area contributed by atoms with Gasteiger partial charge in [-0.3, -0.25) is 4.79 Å². The standard InChI is InChI=1S/C14H22N2O/c1-5-11(3)13(15)14(17)16(4)12-8-6-7-10(2)9-12/h6-9,11,13H,5,15H2,1-4H3/t11-,13-/m0/s1. The van der Waals surface area contributed by atoms with Gasteiger partial charge in [0.15, 0.2) is 0 Å². The number of anilines is 1. The van der Waals surface area contributed by atoms with E-state index in [9.17, 15) is 4.79 Å². The van der Waals surface area contributed by atoms with Crippen LogP contribution in [0.15, 0.2) is 24.3 Å². The molecule has 0 fully saturated rings. The lowest BCUT2D eigenvalue weighted by atomic mass is 9.99. The molecule has 1 aromatic rings. The van der Waals surface area contributed by atoms with Gasteiger partial charge >= 0.3 is 0 Å². The Balaban J connectivity index is 2.83. The summed E-state index contributed by atoms with van der Waals surface area (Å²) in [6.45, 7) is 6.06. The van der Waals surface area contributed by atoms with Gasteiger partial charge in [0.1, 0.15) is 0 Å². The summed E-state index contributed by atoms with van der Waals surface area (Å²) in [5, 5.41) is 0. The third-order valence-electron chi connectivity index (χ3n) is 3.26. The van der Waals surface area contributed by atoms with Crippen molar-refractivity contribution in [3.8, 4) is 0 Å². The summed E-state index contributed by atoms with van der Waals surface area (Å²) in [4.78, 5) is 13.8. The first kappa shape index (κ1) is 13.7. The Hall–Kier alpha value is -1.35. The lowest BCUT2D eigenvalue weighted by molar-refractivity contribution is -0.120. The number of hydrogen-bond acceptors (Lipinski definition) is 2. The van der Waals surface area contributed by atoms with E-state index in [2.05, 4.69) is 0 Å². The summed E-state index contributed by atoms with van der Waals surface area (Å²) in [6, 6.07) is 7.44. The number of amides is 1. The largest absolute Gasteiger partial charge is 0.320 e. The molecule has 0 aliphatic rings. The SMILES string of the molecule is CC[C@H](C)[C@H](N)C(=O)N(C)c1cccc(C)c1. The molecule has 1 rings (SSSR count). The fraction of sp³-hybridized carbons (Fsp3) is 0.500. The van der Waals surface area contributed by atoms with Gasteiger partial charge < -0.3 is 10.6 Å². The minimum Gasteiger partial charge on any atom is -0.320 e. The third kappa shape index (κ3) is 3.30. The summed E-state index contributed by atoms with van der Waals surface area (Å²) in [7, 11) is 1.78. The van der Waals surface area contributed by atoms with Crippen LogP contribution in [0.1, 0.15) is 25.8 Å². The predicted octanol–water partition coefficient (Wildman–Crippen LogP) is 2.33. The molecule has 3 nitrogen and oxygen atoms in total. The van der Waals surface area contributed by atoms with Crippen LogP contribution in [0, 0.1) is 12.8 Å². The van der Waals surface area contributed by atoms with Crippen LogP contribution in [0.3, 0.4) is 0 Å². The topological polar surface area (TPSA) is 46.3 Å². The number of rotatable bonds is 4. The van der Waals surface area contributed by atoms with Crippen LogP contribution in [-0.2, 0) is 4.79 Å². The van der Waals surface area contributed by atoms with E-state index in [1.54, 1.807) is 11.9 Å². The van der Waals surface area contributed by atoms with E-state index < -0.39 is 6.04 Å². The number of nitrogens with two attached hydrogens (primary N) is 1. The average molecular weight is 234 g/mol. The Morgan fingerprint density at radius 1 is 1.47 bits per heavy atom. The molecule has 0 radical (unpaired) electrons. The second-order valence-corrected chi connectivity index (χ2v) is 4.65. The lowest BCUT2D eigenvalue weighted by Crippen LogP contribution is -2.45. The second-order valence-electron chi connectivity index (χ2n) is 4.65. The molecule has 0 unspecified atom stereocenters. The minimum absolute atomic E-state index is 0.0232.